The molecule has 4 heteroatoms. The second-order valence-corrected chi connectivity index (χ2v) is 1.19. The van der Waals surface area contributed by atoms with Gasteiger partial charge in [0.05, 0.1) is 6.21 Å². The largest absolute Gasteiger partial charge is 0.357 e. The quantitative estimate of drug-likeness (QED) is 0.393. The molecule has 0 heterocycles. The van der Waals surface area contributed by atoms with E-state index in [9.17, 15) is 8.78 Å². The number of hydrogen-bond donors (Lipinski definition) is 1. The van der Waals surface area contributed by atoms with Gasteiger partial charge in [-0.25, -0.2) is 0 Å². The summed E-state index contributed by atoms with van der Waals surface area (Å²) < 4.78 is 21.9. The molecule has 1 N–H and O–H groups in total. The van der Waals surface area contributed by atoms with Crippen LogP contribution >= 0.6 is 11.6 Å². The molecule has 6 heavy (non-hydrogen) atoms. The van der Waals surface area contributed by atoms with E-state index in [4.69, 9.17) is 5.41 Å². The lowest BCUT2D eigenvalue weighted by Crippen LogP contribution is -2.04. The number of rotatable bonds is 1. The van der Waals surface area contributed by atoms with Gasteiger partial charge in [-0.3, -0.25) is 0 Å². The molecule has 0 rings (SSSR count). The van der Waals surface area contributed by atoms with Crippen molar-refractivity contribution in [2.24, 2.45) is 0 Å². The summed E-state index contributed by atoms with van der Waals surface area (Å²) in [6.45, 7) is 0. The van der Waals surface area contributed by atoms with E-state index in [0.29, 0.717) is 0 Å². The highest BCUT2D eigenvalue weighted by atomic mass is 35.5. The minimum atomic E-state index is -3.44. The van der Waals surface area contributed by atoms with Crippen molar-refractivity contribution in [2.45, 2.75) is 5.38 Å². The Labute approximate surface area is 38.4 Å². The van der Waals surface area contributed by atoms with Gasteiger partial charge in [-0.1, -0.05) is 0 Å². The smallest absolute Gasteiger partial charge is 0.305 e. The highest BCUT2D eigenvalue weighted by Gasteiger charge is 2.18. The summed E-state index contributed by atoms with van der Waals surface area (Å²) in [5.41, 5.74) is 0. The van der Waals surface area contributed by atoms with Crippen molar-refractivity contribution in [3.63, 3.8) is 0 Å². The average molecular weight is 113 g/mol. The lowest BCUT2D eigenvalue weighted by molar-refractivity contribution is 0.180. The molecule has 1 nitrogen and oxygen atoms in total. The van der Waals surface area contributed by atoms with Crippen molar-refractivity contribution in [1.29, 1.82) is 5.41 Å². The van der Waals surface area contributed by atoms with Gasteiger partial charge in [0.25, 0.3) is 0 Å². The third kappa shape index (κ3) is 3.82. The maximum atomic E-state index is 11.0. The summed E-state index contributed by atoms with van der Waals surface area (Å²) >= 11 is 4.14. The minimum Gasteiger partial charge on any atom is -0.305 e. The van der Waals surface area contributed by atoms with Gasteiger partial charge in [0.1, 0.15) is 0 Å². The van der Waals surface area contributed by atoms with Crippen molar-refractivity contribution in [2.75, 3.05) is 0 Å². The van der Waals surface area contributed by atoms with E-state index in [-0.39, 0.29) is 6.21 Å². The molecule has 0 spiro atoms. The SMILES string of the molecule is N=CC(F)(F)Cl. The van der Waals surface area contributed by atoms with Gasteiger partial charge in [-0.15, -0.1) is 0 Å². The fourth-order valence-corrected chi connectivity index (χ4v) is 0. The van der Waals surface area contributed by atoms with Gasteiger partial charge in [-0.2, -0.15) is 8.78 Å². The van der Waals surface area contributed by atoms with Crippen molar-refractivity contribution in [3.8, 4) is 0 Å². The van der Waals surface area contributed by atoms with Crippen molar-refractivity contribution >= 4 is 17.8 Å². The van der Waals surface area contributed by atoms with E-state index in [0.717, 1.165) is 0 Å². The predicted molar refractivity (Wildman–Crippen MR) is 19.6 cm³/mol. The lowest BCUT2D eigenvalue weighted by atomic mass is 10.8. The second-order valence-electron chi connectivity index (χ2n) is 0.686. The number of halogens is 3. The van der Waals surface area contributed by atoms with Crippen LogP contribution in [-0.2, 0) is 0 Å². The first-order valence-electron chi connectivity index (χ1n) is 1.14. The zero-order valence-electron chi connectivity index (χ0n) is 2.71. The molecule has 0 radical (unpaired) electrons. The maximum absolute atomic E-state index is 11.0. The topological polar surface area (TPSA) is 23.9 Å². The van der Waals surface area contributed by atoms with Crippen LogP contribution in [0.15, 0.2) is 0 Å². The summed E-state index contributed by atoms with van der Waals surface area (Å²) in [5.74, 6) is 0. The minimum absolute atomic E-state index is 0.130. The van der Waals surface area contributed by atoms with E-state index in [1.54, 1.807) is 0 Å². The van der Waals surface area contributed by atoms with E-state index in [1.165, 1.54) is 0 Å². The van der Waals surface area contributed by atoms with Crippen LogP contribution < -0.4 is 0 Å². The summed E-state index contributed by atoms with van der Waals surface area (Å²) in [6, 6.07) is 0. The molecule has 0 bridgehead atoms. The molecule has 0 atom stereocenters. The summed E-state index contributed by atoms with van der Waals surface area (Å²) in [4.78, 5) is 0. The molecule has 0 unspecified atom stereocenters. The third-order valence-corrected chi connectivity index (χ3v) is 0.273. The van der Waals surface area contributed by atoms with E-state index in [2.05, 4.69) is 11.6 Å². The first-order valence-corrected chi connectivity index (χ1v) is 1.52. The molecular formula is C2H2ClF2N. The molecule has 0 fully saturated rings. The first-order chi connectivity index (χ1) is 2.56. The van der Waals surface area contributed by atoms with Crippen molar-refractivity contribution in [3.05, 3.63) is 0 Å². The maximum Gasteiger partial charge on any atom is 0.357 e. The monoisotopic (exact) mass is 113 g/mol. The van der Waals surface area contributed by atoms with Crippen LogP contribution in [0.3, 0.4) is 0 Å². The van der Waals surface area contributed by atoms with Crippen LogP contribution in [0.2, 0.25) is 0 Å². The molecule has 0 aliphatic heterocycles. The highest BCUT2D eigenvalue weighted by molar-refractivity contribution is 6.29. The Hall–Kier alpha value is -0.180. The molecular weight excluding hydrogens is 111 g/mol. The zero-order chi connectivity index (χ0) is 5.21. The van der Waals surface area contributed by atoms with Crippen LogP contribution in [0.5, 0.6) is 0 Å². The van der Waals surface area contributed by atoms with Crippen molar-refractivity contribution in [1.82, 2.24) is 0 Å². The van der Waals surface area contributed by atoms with Gasteiger partial charge in [-0.05, 0) is 11.6 Å². The predicted octanol–water partition coefficient (Wildman–Crippen LogP) is 1.47. The van der Waals surface area contributed by atoms with Gasteiger partial charge in [0.2, 0.25) is 0 Å². The number of alkyl halides is 3. The van der Waals surface area contributed by atoms with Crippen LogP contribution in [0, 0.1) is 5.41 Å². The average Bonchev–Trinajstić information content (AvgIpc) is 1.35. The van der Waals surface area contributed by atoms with Crippen LogP contribution in [0.1, 0.15) is 0 Å². The van der Waals surface area contributed by atoms with Crippen LogP contribution in [0.4, 0.5) is 8.78 Å². The molecule has 0 aliphatic carbocycles. The van der Waals surface area contributed by atoms with Gasteiger partial charge < -0.3 is 5.41 Å². The lowest BCUT2D eigenvalue weighted by Gasteiger charge is -1.92. The third-order valence-electron chi connectivity index (χ3n) is 0.164. The number of nitrogens with one attached hydrogen (secondary N) is 1. The van der Waals surface area contributed by atoms with Crippen molar-refractivity contribution < 1.29 is 8.78 Å². The molecule has 0 aromatic rings. The van der Waals surface area contributed by atoms with Gasteiger partial charge in [0.15, 0.2) is 0 Å². The standard InChI is InChI=1S/C2H2ClF2N/c3-2(4,5)1-6/h1,6H. The molecule has 0 aliphatic rings. The highest BCUT2D eigenvalue weighted by Crippen LogP contribution is 2.13. The molecule has 0 aromatic carbocycles. The Bertz CT molecular complexity index is 57.1. The van der Waals surface area contributed by atoms with Gasteiger partial charge in [0, 0.05) is 0 Å². The fourth-order valence-electron chi connectivity index (χ4n) is 0. The Morgan fingerprint density at radius 2 is 1.83 bits per heavy atom. The second kappa shape index (κ2) is 1.51. The number of hydrogen-bond acceptors (Lipinski definition) is 1. The molecule has 0 amide bonds. The summed E-state index contributed by atoms with van der Waals surface area (Å²) in [5, 5.41) is 2.40. The fraction of sp³-hybridized carbons (Fsp3) is 0.500. The normalized spacial score (nSPS) is 11.2. The molecule has 0 saturated heterocycles. The Balaban J connectivity index is 3.45. The van der Waals surface area contributed by atoms with E-state index in [1.807, 2.05) is 0 Å². The van der Waals surface area contributed by atoms with E-state index < -0.39 is 5.38 Å². The molecule has 0 saturated carbocycles. The van der Waals surface area contributed by atoms with Gasteiger partial charge >= 0.3 is 5.38 Å². The first kappa shape index (κ1) is 5.82. The summed E-state index contributed by atoms with van der Waals surface area (Å²) in [7, 11) is 0. The van der Waals surface area contributed by atoms with E-state index >= 15 is 0 Å². The van der Waals surface area contributed by atoms with Crippen LogP contribution in [0.25, 0.3) is 0 Å². The Morgan fingerprint density at radius 3 is 1.83 bits per heavy atom. The molecule has 36 valence electrons. The Morgan fingerprint density at radius 1 is 1.67 bits per heavy atom. The Kier molecular flexibility index (Phi) is 1.47. The molecule has 0 aromatic heterocycles. The zero-order valence-corrected chi connectivity index (χ0v) is 3.47. The van der Waals surface area contributed by atoms with Crippen LogP contribution in [-0.4, -0.2) is 11.6 Å². The summed E-state index contributed by atoms with van der Waals surface area (Å²) in [6.07, 6.45) is -0.130.